The van der Waals surface area contributed by atoms with Crippen LogP contribution in [0.15, 0.2) is 36.8 Å². The molecule has 2 aromatic rings. The van der Waals surface area contributed by atoms with Crippen LogP contribution in [0.3, 0.4) is 0 Å². The van der Waals surface area contributed by atoms with Gasteiger partial charge in [-0.25, -0.2) is 4.68 Å². The van der Waals surface area contributed by atoms with Crippen LogP contribution in [-0.4, -0.2) is 26.7 Å². The monoisotopic (exact) mass is 285 g/mol. The van der Waals surface area contributed by atoms with Crippen molar-refractivity contribution in [1.82, 2.24) is 14.8 Å². The number of carbonyl (C=O) groups excluding carboxylic acids is 1. The van der Waals surface area contributed by atoms with E-state index in [2.05, 4.69) is 15.4 Å². The number of anilines is 1. The zero-order chi connectivity index (χ0) is 14.7. The number of pyridine rings is 1. The highest BCUT2D eigenvalue weighted by molar-refractivity contribution is 5.89. The molecule has 110 valence electrons. The Kier molecular flexibility index (Phi) is 3.96. The second-order valence-corrected chi connectivity index (χ2v) is 5.46. The van der Waals surface area contributed by atoms with Gasteiger partial charge in [0.05, 0.1) is 5.69 Å². The van der Waals surface area contributed by atoms with E-state index in [1.165, 1.54) is 0 Å². The molecule has 1 amide bonds. The van der Waals surface area contributed by atoms with Crippen LogP contribution >= 0.6 is 0 Å². The predicted octanol–water partition coefficient (Wildman–Crippen LogP) is 1.72. The molecule has 1 aliphatic rings. The molecular weight excluding hydrogens is 266 g/mol. The number of carbonyl (C=O) groups is 1. The maximum absolute atomic E-state index is 12.0. The van der Waals surface area contributed by atoms with Gasteiger partial charge < -0.3 is 11.1 Å². The number of nitrogens with one attached hydrogen (secondary N) is 1. The fraction of sp³-hybridized carbons (Fsp3) is 0.400. The Bertz CT molecular complexity index is 610. The number of amides is 1. The van der Waals surface area contributed by atoms with Gasteiger partial charge in [-0.05, 0) is 30.9 Å². The van der Waals surface area contributed by atoms with E-state index in [0.29, 0.717) is 18.2 Å². The number of rotatable bonds is 4. The van der Waals surface area contributed by atoms with Gasteiger partial charge >= 0.3 is 0 Å². The molecule has 0 saturated heterocycles. The molecule has 0 spiro atoms. The molecule has 1 saturated carbocycles. The lowest BCUT2D eigenvalue weighted by atomic mass is 10.00. The summed E-state index contributed by atoms with van der Waals surface area (Å²) in [4.78, 5) is 16.0. The number of aromatic nitrogens is 3. The molecule has 1 aliphatic carbocycles. The first kappa shape index (κ1) is 13.8. The third-order valence-corrected chi connectivity index (χ3v) is 3.95. The second kappa shape index (κ2) is 6.05. The van der Waals surface area contributed by atoms with Crippen molar-refractivity contribution in [2.75, 3.05) is 5.32 Å². The molecule has 0 radical (unpaired) electrons. The lowest BCUT2D eigenvalue weighted by Gasteiger charge is -2.13. The summed E-state index contributed by atoms with van der Waals surface area (Å²) in [5, 5.41) is 7.18. The Labute approximate surface area is 123 Å². The SMILES string of the molecule is N[C@@H]1CCC[C@H]1CC(=O)Nc1ccn(-c2ccncc2)n1. The largest absolute Gasteiger partial charge is 0.327 e. The van der Waals surface area contributed by atoms with Gasteiger partial charge in [-0.15, -0.1) is 0 Å². The van der Waals surface area contributed by atoms with Gasteiger partial charge in [0.25, 0.3) is 0 Å². The lowest BCUT2D eigenvalue weighted by molar-refractivity contribution is -0.117. The van der Waals surface area contributed by atoms with Crippen LogP contribution < -0.4 is 11.1 Å². The minimum absolute atomic E-state index is 0.0164. The summed E-state index contributed by atoms with van der Waals surface area (Å²) in [7, 11) is 0. The summed E-state index contributed by atoms with van der Waals surface area (Å²) < 4.78 is 1.71. The zero-order valence-electron chi connectivity index (χ0n) is 11.8. The van der Waals surface area contributed by atoms with E-state index in [9.17, 15) is 4.79 Å². The van der Waals surface area contributed by atoms with E-state index in [-0.39, 0.29) is 11.9 Å². The van der Waals surface area contributed by atoms with Crippen molar-refractivity contribution < 1.29 is 4.79 Å². The number of hydrogen-bond donors (Lipinski definition) is 2. The Morgan fingerprint density at radius 1 is 1.33 bits per heavy atom. The smallest absolute Gasteiger partial charge is 0.225 e. The highest BCUT2D eigenvalue weighted by atomic mass is 16.1. The molecule has 0 unspecified atom stereocenters. The van der Waals surface area contributed by atoms with Gasteiger partial charge in [-0.3, -0.25) is 9.78 Å². The van der Waals surface area contributed by atoms with E-state index >= 15 is 0 Å². The van der Waals surface area contributed by atoms with E-state index in [1.807, 2.05) is 18.3 Å². The Morgan fingerprint density at radius 3 is 2.86 bits per heavy atom. The van der Waals surface area contributed by atoms with Crippen LogP contribution in [-0.2, 0) is 4.79 Å². The summed E-state index contributed by atoms with van der Waals surface area (Å²) >= 11 is 0. The molecule has 1 fully saturated rings. The number of nitrogens with two attached hydrogens (primary N) is 1. The minimum Gasteiger partial charge on any atom is -0.327 e. The minimum atomic E-state index is -0.0164. The maximum Gasteiger partial charge on any atom is 0.225 e. The molecule has 21 heavy (non-hydrogen) atoms. The predicted molar refractivity (Wildman–Crippen MR) is 79.9 cm³/mol. The van der Waals surface area contributed by atoms with Gasteiger partial charge in [0.1, 0.15) is 0 Å². The van der Waals surface area contributed by atoms with Gasteiger partial charge in [0, 0.05) is 37.1 Å². The first-order valence-corrected chi connectivity index (χ1v) is 7.24. The third-order valence-electron chi connectivity index (χ3n) is 3.95. The van der Waals surface area contributed by atoms with Gasteiger partial charge in [-0.2, -0.15) is 5.10 Å². The van der Waals surface area contributed by atoms with Gasteiger partial charge in [0.2, 0.25) is 5.91 Å². The van der Waals surface area contributed by atoms with Gasteiger partial charge in [0.15, 0.2) is 5.82 Å². The highest BCUT2D eigenvalue weighted by Crippen LogP contribution is 2.27. The number of hydrogen-bond acceptors (Lipinski definition) is 4. The maximum atomic E-state index is 12.0. The molecule has 6 heteroatoms. The van der Waals surface area contributed by atoms with E-state index in [0.717, 1.165) is 24.9 Å². The van der Waals surface area contributed by atoms with E-state index in [1.54, 1.807) is 23.1 Å². The van der Waals surface area contributed by atoms with Crippen LogP contribution in [0.25, 0.3) is 5.69 Å². The number of nitrogens with zero attached hydrogens (tertiary/aromatic N) is 3. The van der Waals surface area contributed by atoms with E-state index in [4.69, 9.17) is 5.73 Å². The summed E-state index contributed by atoms with van der Waals surface area (Å²) in [6, 6.07) is 5.66. The van der Waals surface area contributed by atoms with Crippen LogP contribution in [0.5, 0.6) is 0 Å². The quantitative estimate of drug-likeness (QED) is 0.895. The van der Waals surface area contributed by atoms with Crippen molar-refractivity contribution >= 4 is 11.7 Å². The van der Waals surface area contributed by atoms with Crippen LogP contribution in [0.1, 0.15) is 25.7 Å². The summed E-state index contributed by atoms with van der Waals surface area (Å²) in [6.45, 7) is 0. The van der Waals surface area contributed by atoms with Gasteiger partial charge in [-0.1, -0.05) is 6.42 Å². The standard InChI is InChI=1S/C15H19N5O/c16-13-3-1-2-11(13)10-15(21)18-14-6-9-20(19-14)12-4-7-17-8-5-12/h4-9,11,13H,1-3,10,16H2,(H,18,19,21)/t11-,13+/m0/s1. The first-order chi connectivity index (χ1) is 10.2. The zero-order valence-corrected chi connectivity index (χ0v) is 11.8. The molecule has 3 rings (SSSR count). The highest BCUT2D eigenvalue weighted by Gasteiger charge is 2.26. The fourth-order valence-corrected chi connectivity index (χ4v) is 2.78. The fourth-order valence-electron chi connectivity index (χ4n) is 2.78. The van der Waals surface area contributed by atoms with Crippen molar-refractivity contribution in [3.8, 4) is 5.69 Å². The second-order valence-electron chi connectivity index (χ2n) is 5.46. The molecule has 3 N–H and O–H groups in total. The van der Waals surface area contributed by atoms with Crippen LogP contribution in [0.4, 0.5) is 5.82 Å². The molecule has 0 bridgehead atoms. The van der Waals surface area contributed by atoms with E-state index < -0.39 is 0 Å². The van der Waals surface area contributed by atoms with Crippen molar-refractivity contribution in [2.24, 2.45) is 11.7 Å². The molecule has 2 heterocycles. The Hall–Kier alpha value is -2.21. The van der Waals surface area contributed by atoms with Crippen LogP contribution in [0, 0.1) is 5.92 Å². The van der Waals surface area contributed by atoms with Crippen molar-refractivity contribution in [3.63, 3.8) is 0 Å². The first-order valence-electron chi connectivity index (χ1n) is 7.24. The Morgan fingerprint density at radius 2 is 2.14 bits per heavy atom. The summed E-state index contributed by atoms with van der Waals surface area (Å²) in [5.74, 6) is 0.841. The van der Waals surface area contributed by atoms with Crippen molar-refractivity contribution in [2.45, 2.75) is 31.7 Å². The topological polar surface area (TPSA) is 85.8 Å². The van der Waals surface area contributed by atoms with Crippen molar-refractivity contribution in [1.29, 1.82) is 0 Å². The lowest BCUT2D eigenvalue weighted by Crippen LogP contribution is -2.28. The summed E-state index contributed by atoms with van der Waals surface area (Å²) in [5.41, 5.74) is 6.90. The normalized spacial score (nSPS) is 21.4. The summed E-state index contributed by atoms with van der Waals surface area (Å²) in [6.07, 6.45) is 8.88. The molecule has 0 aliphatic heterocycles. The molecule has 6 nitrogen and oxygen atoms in total. The van der Waals surface area contributed by atoms with Crippen molar-refractivity contribution in [3.05, 3.63) is 36.8 Å². The molecule has 2 atom stereocenters. The Balaban J connectivity index is 1.61. The average Bonchev–Trinajstić information content (AvgIpc) is 3.10. The van der Waals surface area contributed by atoms with Crippen LogP contribution in [0.2, 0.25) is 0 Å². The molecular formula is C15H19N5O. The third kappa shape index (κ3) is 3.28. The molecule has 0 aromatic carbocycles. The average molecular weight is 285 g/mol. The molecule has 2 aromatic heterocycles.